The molecule has 35 heavy (non-hydrogen) atoms. The summed E-state index contributed by atoms with van der Waals surface area (Å²) >= 11 is 0. The highest BCUT2D eigenvalue weighted by molar-refractivity contribution is 5.70. The van der Waals surface area contributed by atoms with Crippen LogP contribution in [0.4, 0.5) is 4.79 Å². The van der Waals surface area contributed by atoms with Crippen molar-refractivity contribution in [2.24, 2.45) is 17.2 Å². The van der Waals surface area contributed by atoms with Gasteiger partial charge in [-0.15, -0.1) is 0 Å². The van der Waals surface area contributed by atoms with Crippen molar-refractivity contribution in [3.63, 3.8) is 0 Å². The number of hydrogen-bond donors (Lipinski definition) is 10. The van der Waals surface area contributed by atoms with Gasteiger partial charge in [0, 0.05) is 18.6 Å². The molecular formula is C19H34N4O12. The number of carbonyl (C=O) groups excluding carboxylic acids is 1. The second-order valence-corrected chi connectivity index (χ2v) is 9.26. The van der Waals surface area contributed by atoms with E-state index in [4.69, 9.17) is 40.9 Å². The zero-order chi connectivity index (χ0) is 25.6. The SMILES string of the molecule is NC[C@H]1O[C@H](O[C@@H]2[C@@H](O)[C@H](O[C@H]3O[C@H](CO)[C@@H](O)[C@@H]4NC(=O)O[C@@H]34)[C@@H](N)C[C@H]2N)[C@H](O)[C@@H](O)[C@@H]1O. The van der Waals surface area contributed by atoms with Gasteiger partial charge in [-0.3, -0.25) is 0 Å². The van der Waals surface area contributed by atoms with E-state index in [0.717, 1.165) is 0 Å². The normalized spacial score (nSPS) is 52.5. The number of aliphatic hydroxyl groups excluding tert-OH is 6. The van der Waals surface area contributed by atoms with E-state index >= 15 is 0 Å². The van der Waals surface area contributed by atoms with Crippen LogP contribution in [0.3, 0.4) is 0 Å². The van der Waals surface area contributed by atoms with Crippen LogP contribution in [-0.4, -0.2) is 142 Å². The van der Waals surface area contributed by atoms with Crippen molar-refractivity contribution in [2.45, 2.75) is 98.2 Å². The van der Waals surface area contributed by atoms with Crippen molar-refractivity contribution in [2.75, 3.05) is 13.2 Å². The van der Waals surface area contributed by atoms with Gasteiger partial charge in [0.15, 0.2) is 18.7 Å². The summed E-state index contributed by atoms with van der Waals surface area (Å²) in [6.07, 6.45) is -16.6. The summed E-state index contributed by atoms with van der Waals surface area (Å²) in [6, 6.07) is -2.60. The van der Waals surface area contributed by atoms with Gasteiger partial charge >= 0.3 is 6.09 Å². The Morgan fingerprint density at radius 2 is 1.46 bits per heavy atom. The third kappa shape index (κ3) is 4.99. The van der Waals surface area contributed by atoms with Crippen molar-refractivity contribution in [3.8, 4) is 0 Å². The molecule has 0 bridgehead atoms. The number of ether oxygens (including phenoxy) is 5. The summed E-state index contributed by atoms with van der Waals surface area (Å²) < 4.78 is 27.8. The minimum absolute atomic E-state index is 0.0889. The quantitative estimate of drug-likeness (QED) is 0.159. The zero-order valence-corrected chi connectivity index (χ0v) is 18.6. The summed E-state index contributed by atoms with van der Waals surface area (Å²) in [7, 11) is 0. The van der Waals surface area contributed by atoms with Crippen LogP contribution in [0.2, 0.25) is 0 Å². The molecule has 3 heterocycles. The van der Waals surface area contributed by atoms with Gasteiger partial charge in [0.05, 0.1) is 6.61 Å². The molecule has 4 fully saturated rings. The molecule has 4 aliphatic rings. The van der Waals surface area contributed by atoms with E-state index in [1.807, 2.05) is 0 Å². The lowest BCUT2D eigenvalue weighted by molar-refractivity contribution is -0.330. The first-order chi connectivity index (χ1) is 16.6. The molecule has 1 amide bonds. The highest BCUT2D eigenvalue weighted by atomic mass is 16.7. The van der Waals surface area contributed by atoms with Crippen LogP contribution in [0.15, 0.2) is 0 Å². The molecule has 1 aliphatic carbocycles. The maximum atomic E-state index is 11.8. The Kier molecular flexibility index (Phi) is 8.13. The van der Waals surface area contributed by atoms with E-state index in [0.29, 0.717) is 0 Å². The number of nitrogens with one attached hydrogen (secondary N) is 1. The summed E-state index contributed by atoms with van der Waals surface area (Å²) in [5.74, 6) is 0. The minimum atomic E-state index is -1.67. The fourth-order valence-corrected chi connectivity index (χ4v) is 4.95. The Balaban J connectivity index is 1.48. The van der Waals surface area contributed by atoms with Gasteiger partial charge in [-0.25, -0.2) is 4.79 Å². The van der Waals surface area contributed by atoms with Crippen molar-refractivity contribution in [1.29, 1.82) is 0 Å². The van der Waals surface area contributed by atoms with Crippen LogP contribution < -0.4 is 22.5 Å². The van der Waals surface area contributed by atoms with Gasteiger partial charge in [0.1, 0.15) is 61.0 Å². The van der Waals surface area contributed by atoms with E-state index < -0.39 is 104 Å². The first-order valence-electron chi connectivity index (χ1n) is 11.4. The van der Waals surface area contributed by atoms with Gasteiger partial charge in [-0.05, 0) is 6.42 Å². The monoisotopic (exact) mass is 510 g/mol. The Morgan fingerprint density at radius 1 is 0.857 bits per heavy atom. The van der Waals surface area contributed by atoms with Crippen LogP contribution in [-0.2, 0) is 23.7 Å². The molecule has 202 valence electrons. The van der Waals surface area contributed by atoms with Gasteiger partial charge in [0.25, 0.3) is 0 Å². The molecule has 16 heteroatoms. The molecule has 15 atom stereocenters. The molecule has 3 saturated heterocycles. The maximum Gasteiger partial charge on any atom is 0.408 e. The van der Waals surface area contributed by atoms with Crippen molar-refractivity contribution < 1.29 is 59.1 Å². The number of nitrogens with two attached hydrogens (primary N) is 3. The van der Waals surface area contributed by atoms with E-state index in [2.05, 4.69) is 5.32 Å². The van der Waals surface area contributed by atoms with E-state index in [1.54, 1.807) is 0 Å². The van der Waals surface area contributed by atoms with Gasteiger partial charge < -0.3 is 76.8 Å². The number of carbonyl (C=O) groups is 1. The Bertz CT molecular complexity index is 751. The number of hydrogen-bond acceptors (Lipinski definition) is 15. The van der Waals surface area contributed by atoms with E-state index in [1.165, 1.54) is 0 Å². The molecule has 0 aromatic heterocycles. The largest absolute Gasteiger partial charge is 0.438 e. The Hall–Kier alpha value is -1.25. The molecule has 0 unspecified atom stereocenters. The maximum absolute atomic E-state index is 11.8. The van der Waals surface area contributed by atoms with Crippen molar-refractivity contribution in [1.82, 2.24) is 5.32 Å². The Morgan fingerprint density at radius 3 is 2.06 bits per heavy atom. The zero-order valence-electron chi connectivity index (χ0n) is 18.6. The molecule has 1 saturated carbocycles. The van der Waals surface area contributed by atoms with Gasteiger partial charge in [-0.1, -0.05) is 0 Å². The highest BCUT2D eigenvalue weighted by Crippen LogP contribution is 2.33. The third-order valence-corrected chi connectivity index (χ3v) is 6.93. The molecule has 0 radical (unpaired) electrons. The summed E-state index contributed by atoms with van der Waals surface area (Å²) in [4.78, 5) is 11.8. The lowest BCUT2D eigenvalue weighted by atomic mass is 9.84. The predicted molar refractivity (Wildman–Crippen MR) is 111 cm³/mol. The van der Waals surface area contributed by atoms with Crippen LogP contribution in [0.5, 0.6) is 0 Å². The molecule has 0 aromatic rings. The molecule has 13 N–H and O–H groups in total. The van der Waals surface area contributed by atoms with Crippen LogP contribution in [0.1, 0.15) is 6.42 Å². The number of alkyl carbamates (subject to hydrolysis) is 1. The van der Waals surface area contributed by atoms with Crippen LogP contribution in [0, 0.1) is 0 Å². The van der Waals surface area contributed by atoms with Crippen LogP contribution in [0.25, 0.3) is 0 Å². The van der Waals surface area contributed by atoms with E-state index in [9.17, 15) is 35.4 Å². The van der Waals surface area contributed by atoms with Crippen molar-refractivity contribution in [3.05, 3.63) is 0 Å². The summed E-state index contributed by atoms with van der Waals surface area (Å²) in [5.41, 5.74) is 17.9. The first kappa shape index (κ1) is 26.8. The summed E-state index contributed by atoms with van der Waals surface area (Å²) in [6.45, 7) is -0.754. The topological polar surface area (TPSA) is 275 Å². The van der Waals surface area contributed by atoms with Gasteiger partial charge in [0.2, 0.25) is 0 Å². The molecule has 16 nitrogen and oxygen atoms in total. The van der Waals surface area contributed by atoms with E-state index in [-0.39, 0.29) is 13.0 Å². The minimum Gasteiger partial charge on any atom is -0.438 e. The lowest BCUT2D eigenvalue weighted by Gasteiger charge is -2.47. The van der Waals surface area contributed by atoms with Gasteiger partial charge in [-0.2, -0.15) is 0 Å². The van der Waals surface area contributed by atoms with Crippen LogP contribution >= 0.6 is 0 Å². The standard InChI is InChI=1S/C19H34N4O12/c20-2-6-10(26)11(27)12(28)17(31-6)33-14-4(21)1-5(22)15(13(14)29)34-18-16-8(23-19(30)35-16)9(25)7(3-24)32-18/h4-18,24-29H,1-3,20-22H2,(H,23,30)/t4-,5+,6-,7-,8+,9-,10-,11+,12-,13-,14+,15-,16-,17-,18-/m1/s1. The molecule has 4 rings (SSSR count). The fraction of sp³-hybridized carbons (Fsp3) is 0.947. The smallest absolute Gasteiger partial charge is 0.408 e. The van der Waals surface area contributed by atoms with Crippen molar-refractivity contribution >= 4 is 6.09 Å². The highest BCUT2D eigenvalue weighted by Gasteiger charge is 2.55. The number of amides is 1. The average molecular weight is 510 g/mol. The second kappa shape index (κ2) is 10.6. The Labute approximate surface area is 199 Å². The molecular weight excluding hydrogens is 476 g/mol. The lowest BCUT2D eigenvalue weighted by Crippen LogP contribution is -2.68. The molecule has 0 spiro atoms. The number of fused-ring (bicyclic) bond motifs is 1. The molecule has 0 aromatic carbocycles. The summed E-state index contributed by atoms with van der Waals surface area (Å²) in [5, 5.41) is 63.8. The third-order valence-electron chi connectivity index (χ3n) is 6.93. The fourth-order valence-electron chi connectivity index (χ4n) is 4.95. The average Bonchev–Trinajstić information content (AvgIpc) is 3.22. The number of rotatable bonds is 6. The predicted octanol–water partition coefficient (Wildman–Crippen LogP) is -6.50. The first-order valence-corrected chi connectivity index (χ1v) is 11.4. The number of aliphatic hydroxyl groups is 6. The molecule has 3 aliphatic heterocycles. The second-order valence-electron chi connectivity index (χ2n) is 9.26.